The highest BCUT2D eigenvalue weighted by Crippen LogP contribution is 2.34. The number of nitrogens with one attached hydrogen (secondary N) is 1. The molecule has 0 saturated carbocycles. The molecule has 0 spiro atoms. The van der Waals surface area contributed by atoms with Crippen molar-refractivity contribution in [2.45, 2.75) is 12.5 Å². The molecule has 1 aromatic rings. The molecule has 0 amide bonds. The molecule has 0 radical (unpaired) electrons. The van der Waals surface area contributed by atoms with E-state index in [4.69, 9.17) is 10.5 Å². The number of hydrogen-bond donors (Lipinski definition) is 2. The van der Waals surface area contributed by atoms with Gasteiger partial charge in [-0.05, 0) is 24.4 Å². The normalized spacial score (nSPS) is 20.9. The van der Waals surface area contributed by atoms with Crippen molar-refractivity contribution in [2.24, 2.45) is 5.73 Å². The summed E-state index contributed by atoms with van der Waals surface area (Å²) in [5, 5.41) is 6.42. The minimum atomic E-state index is 0.386. The van der Waals surface area contributed by atoms with Crippen LogP contribution in [0.15, 0.2) is 11.4 Å². The molecule has 1 aromatic heterocycles. The maximum Gasteiger partial charge on any atom is 0.197 e. The lowest BCUT2D eigenvalue weighted by molar-refractivity contribution is 0.288. The molecular formula is C8H12N2OS. The summed E-state index contributed by atoms with van der Waals surface area (Å²) in [7, 11) is 0. The van der Waals surface area contributed by atoms with Gasteiger partial charge in [0.2, 0.25) is 0 Å². The van der Waals surface area contributed by atoms with E-state index in [2.05, 4.69) is 5.32 Å². The van der Waals surface area contributed by atoms with Crippen LogP contribution < -0.4 is 15.8 Å². The lowest BCUT2D eigenvalue weighted by Gasteiger charge is -2.24. The zero-order valence-electron chi connectivity index (χ0n) is 6.75. The van der Waals surface area contributed by atoms with Crippen molar-refractivity contribution in [3.05, 3.63) is 11.4 Å². The Hall–Kier alpha value is -0.740. The van der Waals surface area contributed by atoms with Gasteiger partial charge in [0.25, 0.3) is 0 Å². The van der Waals surface area contributed by atoms with E-state index in [9.17, 15) is 0 Å². The average Bonchev–Trinajstić information content (AvgIpc) is 2.51. The largest absolute Gasteiger partial charge is 0.480 e. The zero-order chi connectivity index (χ0) is 8.39. The second-order valence-electron chi connectivity index (χ2n) is 2.85. The number of hydrogen-bond acceptors (Lipinski definition) is 4. The Kier molecular flexibility index (Phi) is 2.19. The topological polar surface area (TPSA) is 47.3 Å². The Labute approximate surface area is 75.5 Å². The molecule has 1 aliphatic rings. The number of anilines is 1. The van der Waals surface area contributed by atoms with Crippen molar-refractivity contribution < 1.29 is 4.74 Å². The average molecular weight is 184 g/mol. The van der Waals surface area contributed by atoms with Crippen LogP contribution in [0, 0.1) is 0 Å². The van der Waals surface area contributed by atoms with E-state index in [0.717, 1.165) is 23.8 Å². The molecule has 1 atom stereocenters. The summed E-state index contributed by atoms with van der Waals surface area (Å²) < 4.78 is 5.53. The molecule has 1 unspecified atom stereocenters. The molecule has 0 aliphatic carbocycles. The lowest BCUT2D eigenvalue weighted by atomic mass is 10.2. The van der Waals surface area contributed by atoms with Crippen LogP contribution in [0.3, 0.4) is 0 Å². The lowest BCUT2D eigenvalue weighted by Crippen LogP contribution is -2.32. The van der Waals surface area contributed by atoms with Crippen molar-refractivity contribution in [2.75, 3.05) is 18.5 Å². The van der Waals surface area contributed by atoms with E-state index >= 15 is 0 Å². The predicted molar refractivity (Wildman–Crippen MR) is 50.9 cm³/mol. The quantitative estimate of drug-likeness (QED) is 0.727. The maximum absolute atomic E-state index is 5.53. The van der Waals surface area contributed by atoms with Gasteiger partial charge in [-0.3, -0.25) is 0 Å². The number of rotatable bonds is 2. The van der Waals surface area contributed by atoms with Crippen molar-refractivity contribution in [1.29, 1.82) is 0 Å². The summed E-state index contributed by atoms with van der Waals surface area (Å²) >= 11 is 1.63. The highest BCUT2D eigenvalue weighted by Gasteiger charge is 2.18. The molecular weight excluding hydrogens is 172 g/mol. The van der Waals surface area contributed by atoms with Gasteiger partial charge < -0.3 is 15.8 Å². The highest BCUT2D eigenvalue weighted by atomic mass is 32.1. The van der Waals surface area contributed by atoms with Crippen LogP contribution in [-0.2, 0) is 0 Å². The number of thiophene rings is 1. The van der Waals surface area contributed by atoms with Gasteiger partial charge in [0, 0.05) is 0 Å². The molecule has 4 heteroatoms. The SMILES string of the molecule is NCCC1COc2sccc2N1. The molecule has 3 nitrogen and oxygen atoms in total. The standard InChI is InChI=1S/C8H12N2OS/c9-3-1-6-5-11-8-7(10-6)2-4-12-8/h2,4,6,10H,1,3,5,9H2. The molecule has 12 heavy (non-hydrogen) atoms. The summed E-state index contributed by atoms with van der Waals surface area (Å²) in [6, 6.07) is 2.43. The van der Waals surface area contributed by atoms with E-state index in [1.165, 1.54) is 0 Å². The summed E-state index contributed by atoms with van der Waals surface area (Å²) in [6.45, 7) is 1.45. The summed E-state index contributed by atoms with van der Waals surface area (Å²) in [5.74, 6) is 0. The van der Waals surface area contributed by atoms with Crippen LogP contribution in [0.1, 0.15) is 6.42 Å². The minimum Gasteiger partial charge on any atom is -0.480 e. The number of nitrogens with two attached hydrogens (primary N) is 1. The smallest absolute Gasteiger partial charge is 0.197 e. The van der Waals surface area contributed by atoms with Crippen LogP contribution >= 0.6 is 11.3 Å². The number of fused-ring (bicyclic) bond motifs is 1. The second-order valence-corrected chi connectivity index (χ2v) is 3.73. The van der Waals surface area contributed by atoms with Gasteiger partial charge >= 0.3 is 0 Å². The maximum atomic E-state index is 5.53. The van der Waals surface area contributed by atoms with Gasteiger partial charge in [0.1, 0.15) is 6.61 Å². The van der Waals surface area contributed by atoms with Crippen LogP contribution in [0.25, 0.3) is 0 Å². The zero-order valence-corrected chi connectivity index (χ0v) is 7.56. The summed E-state index contributed by atoms with van der Waals surface area (Å²) in [6.07, 6.45) is 0.968. The van der Waals surface area contributed by atoms with Crippen LogP contribution in [0.4, 0.5) is 5.69 Å². The molecule has 1 aliphatic heterocycles. The van der Waals surface area contributed by atoms with Crippen molar-refractivity contribution in [3.63, 3.8) is 0 Å². The molecule has 2 heterocycles. The first-order valence-electron chi connectivity index (χ1n) is 4.07. The molecule has 3 N–H and O–H groups in total. The summed E-state index contributed by atoms with van der Waals surface area (Å²) in [5.41, 5.74) is 6.58. The van der Waals surface area contributed by atoms with E-state index < -0.39 is 0 Å². The van der Waals surface area contributed by atoms with Gasteiger partial charge in [-0.15, -0.1) is 11.3 Å². The van der Waals surface area contributed by atoms with Gasteiger partial charge in [0.05, 0.1) is 11.7 Å². The Morgan fingerprint density at radius 3 is 3.50 bits per heavy atom. The first-order valence-corrected chi connectivity index (χ1v) is 4.95. The monoisotopic (exact) mass is 184 g/mol. The third-order valence-electron chi connectivity index (χ3n) is 1.92. The van der Waals surface area contributed by atoms with Crippen molar-refractivity contribution in [3.8, 4) is 5.06 Å². The third kappa shape index (κ3) is 1.40. The third-order valence-corrected chi connectivity index (χ3v) is 2.74. The molecule has 2 rings (SSSR count). The second kappa shape index (κ2) is 3.33. The predicted octanol–water partition coefficient (Wildman–Crippen LogP) is 1.27. The van der Waals surface area contributed by atoms with Crippen LogP contribution in [0.5, 0.6) is 5.06 Å². The number of ether oxygens (including phenoxy) is 1. The van der Waals surface area contributed by atoms with E-state index in [0.29, 0.717) is 12.6 Å². The fourth-order valence-corrected chi connectivity index (χ4v) is 2.03. The van der Waals surface area contributed by atoms with Crippen LogP contribution in [-0.4, -0.2) is 19.2 Å². The van der Waals surface area contributed by atoms with E-state index in [1.54, 1.807) is 11.3 Å². The van der Waals surface area contributed by atoms with Gasteiger partial charge in [-0.2, -0.15) is 0 Å². The molecule has 66 valence electrons. The van der Waals surface area contributed by atoms with Gasteiger partial charge in [0.15, 0.2) is 5.06 Å². The minimum absolute atomic E-state index is 0.386. The first-order chi connectivity index (χ1) is 5.90. The molecule has 0 aromatic carbocycles. The Balaban J connectivity index is 2.05. The van der Waals surface area contributed by atoms with Crippen LogP contribution in [0.2, 0.25) is 0 Å². The fourth-order valence-electron chi connectivity index (χ4n) is 1.31. The molecule has 0 fully saturated rings. The van der Waals surface area contributed by atoms with Gasteiger partial charge in [-0.1, -0.05) is 0 Å². The summed E-state index contributed by atoms with van der Waals surface area (Å²) in [4.78, 5) is 0. The first kappa shape index (κ1) is 7.89. The van der Waals surface area contributed by atoms with Crippen molar-refractivity contribution in [1.82, 2.24) is 0 Å². The Morgan fingerprint density at radius 1 is 1.75 bits per heavy atom. The van der Waals surface area contributed by atoms with Crippen molar-refractivity contribution >= 4 is 17.0 Å². The van der Waals surface area contributed by atoms with E-state index in [-0.39, 0.29) is 0 Å². The fraction of sp³-hybridized carbons (Fsp3) is 0.500. The van der Waals surface area contributed by atoms with E-state index in [1.807, 2.05) is 11.4 Å². The Morgan fingerprint density at radius 2 is 2.67 bits per heavy atom. The molecule has 0 saturated heterocycles. The molecule has 0 bridgehead atoms. The highest BCUT2D eigenvalue weighted by molar-refractivity contribution is 7.12. The van der Waals surface area contributed by atoms with Gasteiger partial charge in [-0.25, -0.2) is 0 Å². The Bertz CT molecular complexity index is 261.